The highest BCUT2D eigenvalue weighted by molar-refractivity contribution is 7.09. The van der Waals surface area contributed by atoms with Gasteiger partial charge < -0.3 is 10.5 Å². The van der Waals surface area contributed by atoms with Crippen LogP contribution >= 0.6 is 11.3 Å². The molecule has 0 saturated heterocycles. The molecule has 1 atom stereocenters. The Morgan fingerprint density at radius 1 is 1.42 bits per heavy atom. The first-order valence-electron chi connectivity index (χ1n) is 6.52. The zero-order chi connectivity index (χ0) is 13.8. The smallest absolute Gasteiger partial charge is 0.131 e. The monoisotopic (exact) mass is 276 g/mol. The normalized spacial score (nSPS) is 12.4. The van der Waals surface area contributed by atoms with Crippen LogP contribution in [0.5, 0.6) is 5.75 Å². The number of hydrogen-bond donors (Lipinski definition) is 1. The molecule has 0 aliphatic rings. The van der Waals surface area contributed by atoms with Crippen molar-refractivity contribution in [3.63, 3.8) is 0 Å². The standard InChI is InChI=1S/C15H20N2OS/c1-4-15-17-12(9-19-15)8-18-14-6-5-10(2)7-13(14)11(3)16/h5-7,9,11H,4,8,16H2,1-3H3. The average molecular weight is 276 g/mol. The number of aromatic nitrogens is 1. The summed E-state index contributed by atoms with van der Waals surface area (Å²) in [5.74, 6) is 0.853. The molecule has 4 heteroatoms. The summed E-state index contributed by atoms with van der Waals surface area (Å²) >= 11 is 1.68. The molecule has 0 saturated carbocycles. The minimum Gasteiger partial charge on any atom is -0.487 e. The molecule has 0 spiro atoms. The molecule has 0 bridgehead atoms. The van der Waals surface area contributed by atoms with Gasteiger partial charge in [0.25, 0.3) is 0 Å². The first-order chi connectivity index (χ1) is 9.10. The quantitative estimate of drug-likeness (QED) is 0.907. The van der Waals surface area contributed by atoms with E-state index in [0.717, 1.165) is 28.4 Å². The van der Waals surface area contributed by atoms with Gasteiger partial charge >= 0.3 is 0 Å². The fourth-order valence-corrected chi connectivity index (χ4v) is 2.61. The van der Waals surface area contributed by atoms with Crippen LogP contribution in [0.2, 0.25) is 0 Å². The van der Waals surface area contributed by atoms with Crippen LogP contribution in [0.1, 0.15) is 41.7 Å². The van der Waals surface area contributed by atoms with Crippen molar-refractivity contribution in [2.45, 2.75) is 39.8 Å². The molecule has 1 heterocycles. The molecule has 1 aromatic heterocycles. The number of rotatable bonds is 5. The van der Waals surface area contributed by atoms with Crippen LogP contribution < -0.4 is 10.5 Å². The van der Waals surface area contributed by atoms with Crippen molar-refractivity contribution in [3.05, 3.63) is 45.4 Å². The first kappa shape index (κ1) is 14.0. The lowest BCUT2D eigenvalue weighted by Crippen LogP contribution is -2.08. The van der Waals surface area contributed by atoms with E-state index in [2.05, 4.69) is 30.3 Å². The number of nitrogens with two attached hydrogens (primary N) is 1. The molecule has 102 valence electrons. The molecule has 3 nitrogen and oxygen atoms in total. The van der Waals surface area contributed by atoms with Crippen LogP contribution in [-0.2, 0) is 13.0 Å². The minimum absolute atomic E-state index is 0.0310. The molecular weight excluding hydrogens is 256 g/mol. The van der Waals surface area contributed by atoms with Gasteiger partial charge in [-0.25, -0.2) is 4.98 Å². The summed E-state index contributed by atoms with van der Waals surface area (Å²) in [4.78, 5) is 4.50. The summed E-state index contributed by atoms with van der Waals surface area (Å²) in [6, 6.07) is 6.08. The van der Waals surface area contributed by atoms with Crippen LogP contribution in [0.4, 0.5) is 0 Å². The molecule has 0 aliphatic heterocycles. The third kappa shape index (κ3) is 3.55. The lowest BCUT2D eigenvalue weighted by atomic mass is 10.1. The second-order valence-electron chi connectivity index (χ2n) is 4.70. The molecule has 2 rings (SSSR count). The van der Waals surface area contributed by atoms with Gasteiger partial charge in [-0.1, -0.05) is 24.6 Å². The number of aryl methyl sites for hydroxylation is 2. The van der Waals surface area contributed by atoms with Gasteiger partial charge in [0.05, 0.1) is 10.7 Å². The van der Waals surface area contributed by atoms with Gasteiger partial charge in [-0.3, -0.25) is 0 Å². The van der Waals surface area contributed by atoms with Crippen LogP contribution in [0.25, 0.3) is 0 Å². The van der Waals surface area contributed by atoms with Gasteiger partial charge in [0, 0.05) is 17.0 Å². The Balaban J connectivity index is 2.10. The molecule has 0 amide bonds. The summed E-state index contributed by atoms with van der Waals surface area (Å²) in [7, 11) is 0. The van der Waals surface area contributed by atoms with Gasteiger partial charge in [0.2, 0.25) is 0 Å². The molecule has 2 N–H and O–H groups in total. The Morgan fingerprint density at radius 2 is 2.21 bits per heavy atom. The van der Waals surface area contributed by atoms with E-state index in [0.29, 0.717) is 6.61 Å². The van der Waals surface area contributed by atoms with E-state index in [1.54, 1.807) is 11.3 Å². The second-order valence-corrected chi connectivity index (χ2v) is 5.65. The van der Waals surface area contributed by atoms with Crippen molar-refractivity contribution < 1.29 is 4.74 Å². The first-order valence-corrected chi connectivity index (χ1v) is 7.40. The topological polar surface area (TPSA) is 48.1 Å². The third-order valence-electron chi connectivity index (χ3n) is 2.93. The van der Waals surface area contributed by atoms with Crippen LogP contribution in [0, 0.1) is 6.92 Å². The van der Waals surface area contributed by atoms with E-state index in [-0.39, 0.29) is 6.04 Å². The van der Waals surface area contributed by atoms with Gasteiger partial charge in [0.15, 0.2) is 0 Å². The maximum atomic E-state index is 5.98. The zero-order valence-electron chi connectivity index (χ0n) is 11.6. The lowest BCUT2D eigenvalue weighted by molar-refractivity contribution is 0.297. The summed E-state index contributed by atoms with van der Waals surface area (Å²) in [6.07, 6.45) is 0.973. The van der Waals surface area contributed by atoms with Gasteiger partial charge in [-0.15, -0.1) is 11.3 Å². The molecule has 0 fully saturated rings. The number of ether oxygens (including phenoxy) is 1. The van der Waals surface area contributed by atoms with E-state index < -0.39 is 0 Å². The van der Waals surface area contributed by atoms with E-state index in [4.69, 9.17) is 10.5 Å². The average Bonchev–Trinajstić information content (AvgIpc) is 2.85. The van der Waals surface area contributed by atoms with Crippen molar-refractivity contribution in [3.8, 4) is 5.75 Å². The highest BCUT2D eigenvalue weighted by Gasteiger charge is 2.09. The maximum absolute atomic E-state index is 5.98. The van der Waals surface area contributed by atoms with Crippen molar-refractivity contribution in [2.75, 3.05) is 0 Å². The predicted molar refractivity (Wildman–Crippen MR) is 79.6 cm³/mol. The van der Waals surface area contributed by atoms with Gasteiger partial charge in [-0.2, -0.15) is 0 Å². The number of nitrogens with zero attached hydrogens (tertiary/aromatic N) is 1. The molecular formula is C15H20N2OS. The summed E-state index contributed by atoms with van der Waals surface area (Å²) < 4.78 is 5.86. The molecule has 19 heavy (non-hydrogen) atoms. The van der Waals surface area contributed by atoms with Crippen LogP contribution in [0.3, 0.4) is 0 Å². The molecule has 0 aliphatic carbocycles. The zero-order valence-corrected chi connectivity index (χ0v) is 12.5. The summed E-state index contributed by atoms with van der Waals surface area (Å²) in [5, 5.41) is 3.20. The van der Waals surface area contributed by atoms with E-state index in [1.165, 1.54) is 5.56 Å². The molecule has 0 radical (unpaired) electrons. The summed E-state index contributed by atoms with van der Waals surface area (Å²) in [6.45, 7) is 6.64. The predicted octanol–water partition coefficient (Wildman–Crippen LogP) is 3.61. The Hall–Kier alpha value is -1.39. The Kier molecular flexibility index (Phi) is 4.56. The fourth-order valence-electron chi connectivity index (χ4n) is 1.88. The lowest BCUT2D eigenvalue weighted by Gasteiger charge is -2.14. The van der Waals surface area contributed by atoms with E-state index in [9.17, 15) is 0 Å². The number of benzene rings is 1. The van der Waals surface area contributed by atoms with Crippen LogP contribution in [0.15, 0.2) is 23.6 Å². The van der Waals surface area contributed by atoms with Gasteiger partial charge in [-0.05, 0) is 26.3 Å². The Labute approximate surface area is 118 Å². The maximum Gasteiger partial charge on any atom is 0.131 e. The fraction of sp³-hybridized carbons (Fsp3) is 0.400. The Bertz CT molecular complexity index is 549. The third-order valence-corrected chi connectivity index (χ3v) is 3.98. The highest BCUT2D eigenvalue weighted by atomic mass is 32.1. The molecule has 1 aromatic carbocycles. The summed E-state index contributed by atoms with van der Waals surface area (Å²) in [5.41, 5.74) is 9.21. The Morgan fingerprint density at radius 3 is 2.84 bits per heavy atom. The largest absolute Gasteiger partial charge is 0.487 e. The van der Waals surface area contributed by atoms with Crippen LogP contribution in [-0.4, -0.2) is 4.98 Å². The van der Waals surface area contributed by atoms with Crippen molar-refractivity contribution in [1.29, 1.82) is 0 Å². The van der Waals surface area contributed by atoms with Gasteiger partial charge in [0.1, 0.15) is 12.4 Å². The van der Waals surface area contributed by atoms with E-state index >= 15 is 0 Å². The second kappa shape index (κ2) is 6.17. The highest BCUT2D eigenvalue weighted by Crippen LogP contribution is 2.26. The SMILES string of the molecule is CCc1nc(COc2ccc(C)cc2C(C)N)cs1. The van der Waals surface area contributed by atoms with E-state index in [1.807, 2.05) is 19.1 Å². The molecule has 1 unspecified atom stereocenters. The number of thiazole rings is 1. The van der Waals surface area contributed by atoms with Crippen molar-refractivity contribution in [1.82, 2.24) is 4.98 Å². The van der Waals surface area contributed by atoms with Crippen molar-refractivity contribution in [2.24, 2.45) is 5.73 Å². The minimum atomic E-state index is -0.0310. The molecule has 2 aromatic rings. The number of hydrogen-bond acceptors (Lipinski definition) is 4. The van der Waals surface area contributed by atoms with Crippen molar-refractivity contribution >= 4 is 11.3 Å².